The third-order valence-electron chi connectivity index (χ3n) is 5.02. The zero-order chi connectivity index (χ0) is 18.9. The number of nitrogens with zero attached hydrogens (tertiary/aromatic N) is 3. The number of carbonyl (C=O) groups excluding carboxylic acids is 1. The zero-order valence-electron chi connectivity index (χ0n) is 15.7. The van der Waals surface area contributed by atoms with Crippen molar-refractivity contribution in [1.29, 1.82) is 0 Å². The second-order valence-electron chi connectivity index (χ2n) is 8.10. The molecule has 1 unspecified atom stereocenters. The Morgan fingerprint density at radius 1 is 1.23 bits per heavy atom. The van der Waals surface area contributed by atoms with E-state index in [1.165, 1.54) is 4.90 Å². The van der Waals surface area contributed by atoms with Gasteiger partial charge in [-0.05, 0) is 46.5 Å². The predicted molar refractivity (Wildman–Crippen MR) is 95.1 cm³/mol. The van der Waals surface area contributed by atoms with Crippen LogP contribution in [0.4, 0.5) is 9.59 Å². The number of aromatic amines is 1. The van der Waals surface area contributed by atoms with Crippen molar-refractivity contribution in [3.05, 3.63) is 17.7 Å². The molecule has 2 amide bonds. The summed E-state index contributed by atoms with van der Waals surface area (Å²) in [6, 6.07) is -0.0855. The number of nitrogens with one attached hydrogen (secondary N) is 1. The van der Waals surface area contributed by atoms with Crippen LogP contribution in [0.3, 0.4) is 0 Å². The summed E-state index contributed by atoms with van der Waals surface area (Å²) in [5.41, 5.74) is 0.512. The van der Waals surface area contributed by atoms with Crippen molar-refractivity contribution in [3.8, 4) is 0 Å². The summed E-state index contributed by atoms with van der Waals surface area (Å²) < 4.78 is 5.51. The maximum Gasteiger partial charge on any atom is 0.410 e. The Morgan fingerprint density at radius 2 is 1.92 bits per heavy atom. The molecular weight excluding hydrogens is 336 g/mol. The molecule has 2 aliphatic rings. The number of hydrogen-bond donors (Lipinski definition) is 2. The number of amides is 2. The number of likely N-dealkylation sites (tertiary alicyclic amines) is 2. The highest BCUT2D eigenvalue weighted by Gasteiger charge is 2.35. The first-order valence-electron chi connectivity index (χ1n) is 9.27. The highest BCUT2D eigenvalue weighted by molar-refractivity contribution is 5.69. The van der Waals surface area contributed by atoms with Crippen LogP contribution in [-0.4, -0.2) is 62.3 Å². The number of imidazole rings is 1. The van der Waals surface area contributed by atoms with Crippen LogP contribution in [0.5, 0.6) is 0 Å². The van der Waals surface area contributed by atoms with E-state index in [4.69, 9.17) is 9.84 Å². The van der Waals surface area contributed by atoms with Crippen molar-refractivity contribution in [2.75, 3.05) is 19.6 Å². The first-order chi connectivity index (χ1) is 12.2. The van der Waals surface area contributed by atoms with E-state index in [9.17, 15) is 9.59 Å². The van der Waals surface area contributed by atoms with E-state index in [0.717, 1.165) is 37.2 Å². The number of hydrogen-bond acceptors (Lipinski definition) is 4. The van der Waals surface area contributed by atoms with Crippen molar-refractivity contribution in [3.63, 3.8) is 0 Å². The zero-order valence-corrected chi connectivity index (χ0v) is 15.7. The fraction of sp³-hybridized carbons (Fsp3) is 0.722. The Labute approximate surface area is 153 Å². The molecule has 0 spiro atoms. The fourth-order valence-corrected chi connectivity index (χ4v) is 3.70. The second-order valence-corrected chi connectivity index (χ2v) is 8.10. The van der Waals surface area contributed by atoms with E-state index in [1.54, 1.807) is 4.90 Å². The van der Waals surface area contributed by atoms with Gasteiger partial charge in [0.05, 0.1) is 6.04 Å². The van der Waals surface area contributed by atoms with Gasteiger partial charge in [0, 0.05) is 37.4 Å². The molecule has 8 heteroatoms. The molecule has 3 rings (SSSR count). The molecule has 1 atom stereocenters. The van der Waals surface area contributed by atoms with E-state index in [2.05, 4.69) is 9.97 Å². The summed E-state index contributed by atoms with van der Waals surface area (Å²) in [7, 11) is 0. The molecule has 3 heterocycles. The molecule has 0 saturated carbocycles. The standard InChI is InChI=1S/C18H28N4O4/c1-18(2,3)26-17(25)22-8-4-5-14(22)15-19-11-13(20-15)12-6-9-21(10-7-12)16(23)24/h11-12,14H,4-10H2,1-3H3,(H,19,20)(H,23,24). The van der Waals surface area contributed by atoms with Crippen LogP contribution in [0.15, 0.2) is 6.20 Å². The topological polar surface area (TPSA) is 98.8 Å². The maximum absolute atomic E-state index is 12.5. The Bertz CT molecular complexity index is 658. The van der Waals surface area contributed by atoms with Crippen LogP contribution in [0.25, 0.3) is 0 Å². The lowest BCUT2D eigenvalue weighted by Crippen LogP contribution is -2.37. The molecule has 1 aromatic rings. The summed E-state index contributed by atoms with van der Waals surface area (Å²) in [6.07, 6.45) is 4.05. The van der Waals surface area contributed by atoms with Gasteiger partial charge in [0.2, 0.25) is 0 Å². The molecule has 8 nitrogen and oxygen atoms in total. The number of carboxylic acid groups (broad SMARTS) is 1. The third kappa shape index (κ3) is 4.11. The lowest BCUT2D eigenvalue weighted by molar-refractivity contribution is 0.0218. The van der Waals surface area contributed by atoms with E-state index in [0.29, 0.717) is 19.6 Å². The summed E-state index contributed by atoms with van der Waals surface area (Å²) in [4.78, 5) is 34.6. The van der Waals surface area contributed by atoms with E-state index >= 15 is 0 Å². The van der Waals surface area contributed by atoms with Gasteiger partial charge in [0.1, 0.15) is 11.4 Å². The molecule has 1 aromatic heterocycles. The van der Waals surface area contributed by atoms with Crippen molar-refractivity contribution in [1.82, 2.24) is 19.8 Å². The molecular formula is C18H28N4O4. The second kappa shape index (κ2) is 7.17. The minimum Gasteiger partial charge on any atom is -0.465 e. The number of carbonyl (C=O) groups is 2. The maximum atomic E-state index is 12.5. The summed E-state index contributed by atoms with van der Waals surface area (Å²) in [6.45, 7) is 7.36. The molecule has 0 radical (unpaired) electrons. The van der Waals surface area contributed by atoms with E-state index in [1.807, 2.05) is 27.0 Å². The normalized spacial score (nSPS) is 21.9. The average molecular weight is 364 g/mol. The Morgan fingerprint density at radius 3 is 2.54 bits per heavy atom. The van der Waals surface area contributed by atoms with Gasteiger partial charge in [-0.2, -0.15) is 0 Å². The molecule has 2 saturated heterocycles. The molecule has 2 aliphatic heterocycles. The summed E-state index contributed by atoms with van der Waals surface area (Å²) in [5.74, 6) is 1.08. The van der Waals surface area contributed by atoms with Crippen molar-refractivity contribution in [2.24, 2.45) is 0 Å². The van der Waals surface area contributed by atoms with Crippen molar-refractivity contribution in [2.45, 2.75) is 64.0 Å². The first-order valence-corrected chi connectivity index (χ1v) is 9.27. The molecule has 2 fully saturated rings. The Hall–Kier alpha value is -2.25. The minimum atomic E-state index is -0.854. The van der Waals surface area contributed by atoms with Gasteiger partial charge >= 0.3 is 12.2 Å². The lowest BCUT2D eigenvalue weighted by Gasteiger charge is -2.29. The van der Waals surface area contributed by atoms with Gasteiger partial charge in [0.25, 0.3) is 0 Å². The van der Waals surface area contributed by atoms with Gasteiger partial charge in [-0.1, -0.05) is 0 Å². The number of piperidine rings is 1. The number of rotatable bonds is 2. The monoisotopic (exact) mass is 364 g/mol. The minimum absolute atomic E-state index is 0.0855. The molecule has 0 aliphatic carbocycles. The van der Waals surface area contributed by atoms with Crippen LogP contribution < -0.4 is 0 Å². The lowest BCUT2D eigenvalue weighted by atomic mass is 9.94. The fourth-order valence-electron chi connectivity index (χ4n) is 3.70. The predicted octanol–water partition coefficient (Wildman–Crippen LogP) is 3.34. The van der Waals surface area contributed by atoms with Gasteiger partial charge < -0.3 is 19.7 Å². The van der Waals surface area contributed by atoms with Crippen LogP contribution >= 0.6 is 0 Å². The summed E-state index contributed by atoms with van der Waals surface area (Å²) >= 11 is 0. The number of H-pyrrole nitrogens is 1. The van der Waals surface area contributed by atoms with E-state index < -0.39 is 11.7 Å². The molecule has 144 valence electrons. The first kappa shape index (κ1) is 18.5. The Kier molecular flexibility index (Phi) is 5.11. The molecule has 0 bridgehead atoms. The molecule has 26 heavy (non-hydrogen) atoms. The van der Waals surface area contributed by atoms with E-state index in [-0.39, 0.29) is 18.1 Å². The quantitative estimate of drug-likeness (QED) is 0.838. The number of ether oxygens (including phenoxy) is 1. The molecule has 2 N–H and O–H groups in total. The molecule has 0 aromatic carbocycles. The van der Waals surface area contributed by atoms with Crippen LogP contribution in [0.1, 0.15) is 69.9 Å². The van der Waals surface area contributed by atoms with Gasteiger partial charge in [-0.3, -0.25) is 4.90 Å². The van der Waals surface area contributed by atoms with Gasteiger partial charge in [-0.15, -0.1) is 0 Å². The van der Waals surface area contributed by atoms with Gasteiger partial charge in [0.15, 0.2) is 0 Å². The average Bonchev–Trinajstić information content (AvgIpc) is 3.22. The van der Waals surface area contributed by atoms with Crippen LogP contribution in [0, 0.1) is 0 Å². The highest BCUT2D eigenvalue weighted by Crippen LogP contribution is 2.33. The SMILES string of the molecule is CC(C)(C)OC(=O)N1CCCC1c1ncc(C2CCN(C(=O)O)CC2)[nH]1. The number of aromatic nitrogens is 2. The summed E-state index contributed by atoms with van der Waals surface area (Å²) in [5, 5.41) is 9.06. The highest BCUT2D eigenvalue weighted by atomic mass is 16.6. The smallest absolute Gasteiger partial charge is 0.410 e. The van der Waals surface area contributed by atoms with Crippen molar-refractivity contribution < 1.29 is 19.4 Å². The third-order valence-corrected chi connectivity index (χ3v) is 5.02. The Balaban J connectivity index is 1.65. The largest absolute Gasteiger partial charge is 0.465 e. The van der Waals surface area contributed by atoms with Crippen molar-refractivity contribution >= 4 is 12.2 Å². The van der Waals surface area contributed by atoms with Crippen LogP contribution in [-0.2, 0) is 4.74 Å². The van der Waals surface area contributed by atoms with Crippen LogP contribution in [0.2, 0.25) is 0 Å². The van der Waals surface area contributed by atoms with Gasteiger partial charge in [-0.25, -0.2) is 14.6 Å².